The lowest BCUT2D eigenvalue weighted by molar-refractivity contribution is -0.150. The molecule has 0 aliphatic carbocycles. The van der Waals surface area contributed by atoms with E-state index in [-0.39, 0.29) is 12.2 Å². The minimum Gasteiger partial charge on any atom is -0.390 e. The Morgan fingerprint density at radius 3 is 2.73 bits per heavy atom. The van der Waals surface area contributed by atoms with Crippen molar-refractivity contribution in [2.75, 3.05) is 6.61 Å². The summed E-state index contributed by atoms with van der Waals surface area (Å²) >= 11 is 0. The predicted molar refractivity (Wildman–Crippen MR) is 85.4 cm³/mol. The molecule has 0 amide bonds. The molecule has 0 saturated carbocycles. The van der Waals surface area contributed by atoms with Crippen molar-refractivity contribution >= 4 is 0 Å². The summed E-state index contributed by atoms with van der Waals surface area (Å²) < 4.78 is 16.8. The molecule has 0 spiro atoms. The Balaban J connectivity index is 1.68. The van der Waals surface area contributed by atoms with Crippen molar-refractivity contribution in [2.24, 2.45) is 0 Å². The largest absolute Gasteiger partial charge is 0.390 e. The summed E-state index contributed by atoms with van der Waals surface area (Å²) in [5, 5.41) is 10.1. The molecule has 3 atom stereocenters. The topological polar surface area (TPSA) is 47.9 Å². The van der Waals surface area contributed by atoms with Crippen molar-refractivity contribution in [3.63, 3.8) is 0 Å². The molecule has 1 saturated heterocycles. The molecule has 0 aromatic heterocycles. The van der Waals surface area contributed by atoms with Crippen LogP contribution in [-0.4, -0.2) is 35.8 Å². The average molecular weight is 306 g/mol. The highest BCUT2D eigenvalue weighted by atomic mass is 16.7. The van der Waals surface area contributed by atoms with Crippen LogP contribution in [0.25, 0.3) is 0 Å². The van der Waals surface area contributed by atoms with Crippen LogP contribution in [0.4, 0.5) is 0 Å². The fraction of sp³-hybridized carbons (Fsp3) is 0.556. The Morgan fingerprint density at radius 2 is 2.09 bits per heavy atom. The number of hydrogen-bond donors (Lipinski definition) is 1. The molecule has 1 fully saturated rings. The monoisotopic (exact) mass is 306 g/mol. The molecule has 1 aromatic rings. The number of aliphatic hydroxyl groups is 1. The minimum atomic E-state index is -0.596. The van der Waals surface area contributed by atoms with Gasteiger partial charge in [0.2, 0.25) is 0 Å². The molecule has 1 heterocycles. The van der Waals surface area contributed by atoms with Crippen LogP contribution < -0.4 is 0 Å². The molecule has 22 heavy (non-hydrogen) atoms. The highest BCUT2D eigenvalue weighted by Crippen LogP contribution is 2.25. The quantitative estimate of drug-likeness (QED) is 0.787. The van der Waals surface area contributed by atoms with E-state index in [4.69, 9.17) is 14.2 Å². The van der Waals surface area contributed by atoms with E-state index in [9.17, 15) is 5.11 Å². The zero-order valence-electron chi connectivity index (χ0n) is 13.6. The fourth-order valence-corrected chi connectivity index (χ4v) is 2.32. The summed E-state index contributed by atoms with van der Waals surface area (Å²) in [5.41, 5.74) is 1.15. The van der Waals surface area contributed by atoms with Gasteiger partial charge in [-0.25, -0.2) is 0 Å². The first-order valence-corrected chi connectivity index (χ1v) is 7.78. The van der Waals surface area contributed by atoms with Crippen LogP contribution >= 0.6 is 0 Å². The number of aliphatic hydroxyl groups excluding tert-OH is 1. The molecule has 122 valence electrons. The van der Waals surface area contributed by atoms with Gasteiger partial charge in [0, 0.05) is 0 Å². The van der Waals surface area contributed by atoms with Crippen LogP contribution in [0.15, 0.2) is 42.5 Å². The summed E-state index contributed by atoms with van der Waals surface area (Å²) in [7, 11) is 0. The molecule has 0 unspecified atom stereocenters. The lowest BCUT2D eigenvalue weighted by Crippen LogP contribution is -2.30. The molecular formula is C18H26O4. The van der Waals surface area contributed by atoms with Crippen molar-refractivity contribution in [3.8, 4) is 0 Å². The second-order valence-electron chi connectivity index (χ2n) is 6.10. The van der Waals surface area contributed by atoms with Gasteiger partial charge in [0.15, 0.2) is 5.79 Å². The van der Waals surface area contributed by atoms with Gasteiger partial charge in [-0.2, -0.15) is 0 Å². The second kappa shape index (κ2) is 7.88. The molecule has 0 radical (unpaired) electrons. The summed E-state index contributed by atoms with van der Waals surface area (Å²) in [6.45, 7) is 6.72. The maximum absolute atomic E-state index is 10.1. The normalized spacial score (nSPS) is 23.7. The first-order chi connectivity index (χ1) is 10.5. The summed E-state index contributed by atoms with van der Waals surface area (Å²) in [4.78, 5) is 0. The molecule has 4 heteroatoms. The third-order valence-electron chi connectivity index (χ3n) is 3.60. The van der Waals surface area contributed by atoms with Crippen LogP contribution in [0.2, 0.25) is 0 Å². The third kappa shape index (κ3) is 5.54. The third-order valence-corrected chi connectivity index (χ3v) is 3.60. The molecule has 4 nitrogen and oxygen atoms in total. The average Bonchev–Trinajstić information content (AvgIpc) is 2.86. The lowest BCUT2D eigenvalue weighted by atomic mass is 10.1. The van der Waals surface area contributed by atoms with Crippen LogP contribution in [0, 0.1) is 0 Å². The number of hydrogen-bond acceptors (Lipinski definition) is 4. The first-order valence-electron chi connectivity index (χ1n) is 7.78. The fourth-order valence-electron chi connectivity index (χ4n) is 2.32. The molecule has 1 aromatic carbocycles. The number of rotatable bonds is 7. The summed E-state index contributed by atoms with van der Waals surface area (Å²) in [6.07, 6.45) is 3.62. The van der Waals surface area contributed by atoms with Crippen LogP contribution in [-0.2, 0) is 20.8 Å². The van der Waals surface area contributed by atoms with Crippen LogP contribution in [0.1, 0.15) is 32.8 Å². The van der Waals surface area contributed by atoms with E-state index in [0.717, 1.165) is 5.56 Å². The van der Waals surface area contributed by atoms with Crippen molar-refractivity contribution in [3.05, 3.63) is 48.0 Å². The van der Waals surface area contributed by atoms with Crippen LogP contribution in [0.5, 0.6) is 0 Å². The van der Waals surface area contributed by atoms with E-state index >= 15 is 0 Å². The lowest BCUT2D eigenvalue weighted by Gasteiger charge is -2.19. The van der Waals surface area contributed by atoms with Crippen LogP contribution in [0.3, 0.4) is 0 Å². The van der Waals surface area contributed by atoms with Crippen molar-refractivity contribution in [1.29, 1.82) is 0 Å². The molecule has 1 N–H and O–H groups in total. The van der Waals surface area contributed by atoms with Gasteiger partial charge in [-0.15, -0.1) is 0 Å². The minimum absolute atomic E-state index is 0.00425. The van der Waals surface area contributed by atoms with E-state index in [2.05, 4.69) is 0 Å². The molecule has 0 bridgehead atoms. The van der Waals surface area contributed by atoms with Gasteiger partial charge < -0.3 is 19.3 Å². The van der Waals surface area contributed by atoms with Gasteiger partial charge in [-0.3, -0.25) is 0 Å². The highest BCUT2D eigenvalue weighted by molar-refractivity contribution is 5.13. The number of benzene rings is 1. The maximum atomic E-state index is 10.1. The van der Waals surface area contributed by atoms with Gasteiger partial charge in [-0.1, -0.05) is 42.5 Å². The van der Waals surface area contributed by atoms with Gasteiger partial charge in [0.25, 0.3) is 0 Å². The zero-order chi connectivity index (χ0) is 16.0. The van der Waals surface area contributed by atoms with E-state index in [1.807, 2.05) is 63.3 Å². The number of ether oxygens (including phenoxy) is 3. The Kier molecular flexibility index (Phi) is 6.15. The van der Waals surface area contributed by atoms with Crippen molar-refractivity contribution in [1.82, 2.24) is 0 Å². The molecule has 1 aliphatic heterocycles. The molecule has 1 aliphatic rings. The smallest absolute Gasteiger partial charge is 0.163 e. The SMILES string of the molecule is C[C@@H](/C=C/C[C@@H](O)[C@H]1COC(C)(C)O1)OCc1ccccc1. The standard InChI is InChI=1S/C18H26O4/c1-14(20-12-15-9-5-4-6-10-15)8-7-11-16(19)17-13-21-18(2,3)22-17/h4-10,14,16-17,19H,11-13H2,1-3H3/b8-7+/t14-,16+,17+/m0/s1. The zero-order valence-corrected chi connectivity index (χ0v) is 13.6. The molecular weight excluding hydrogens is 280 g/mol. The van der Waals surface area contributed by atoms with Crippen molar-refractivity contribution in [2.45, 2.75) is 57.9 Å². The Hall–Kier alpha value is -1.20. The first kappa shape index (κ1) is 17.2. The summed E-state index contributed by atoms with van der Waals surface area (Å²) in [6, 6.07) is 10.1. The highest BCUT2D eigenvalue weighted by Gasteiger charge is 2.36. The van der Waals surface area contributed by atoms with Gasteiger partial charge in [0.05, 0.1) is 25.4 Å². The predicted octanol–water partition coefficient (Wildman–Crippen LogP) is 3.05. The Bertz CT molecular complexity index is 469. The van der Waals surface area contributed by atoms with E-state index < -0.39 is 11.9 Å². The Morgan fingerprint density at radius 1 is 1.36 bits per heavy atom. The Labute approximate surface area is 132 Å². The van der Waals surface area contributed by atoms with Gasteiger partial charge in [-0.05, 0) is 32.8 Å². The molecule has 2 rings (SSSR count). The van der Waals surface area contributed by atoms with Gasteiger partial charge >= 0.3 is 0 Å². The second-order valence-corrected chi connectivity index (χ2v) is 6.10. The van der Waals surface area contributed by atoms with Crippen molar-refractivity contribution < 1.29 is 19.3 Å². The van der Waals surface area contributed by atoms with E-state index in [0.29, 0.717) is 19.6 Å². The maximum Gasteiger partial charge on any atom is 0.163 e. The van der Waals surface area contributed by atoms with E-state index in [1.54, 1.807) is 0 Å². The van der Waals surface area contributed by atoms with E-state index in [1.165, 1.54) is 0 Å². The summed E-state index contributed by atoms with van der Waals surface area (Å²) in [5.74, 6) is -0.596. The van der Waals surface area contributed by atoms with Gasteiger partial charge in [0.1, 0.15) is 6.10 Å².